The molecule has 1 saturated carbocycles. The molecule has 0 aliphatic heterocycles. The van der Waals surface area contributed by atoms with Gasteiger partial charge in [-0.05, 0) is 37.3 Å². The van der Waals surface area contributed by atoms with Crippen molar-refractivity contribution in [3.8, 4) is 5.75 Å². The monoisotopic (exact) mass is 372 g/mol. The highest BCUT2D eigenvalue weighted by Crippen LogP contribution is 2.29. The molecule has 4 nitrogen and oxygen atoms in total. The molecule has 26 heavy (non-hydrogen) atoms. The molecule has 3 atom stereocenters. The molecule has 1 heterocycles. The molecule has 0 radical (unpaired) electrons. The predicted octanol–water partition coefficient (Wildman–Crippen LogP) is 4.51. The fourth-order valence-corrected chi connectivity index (χ4v) is 4.19. The SMILES string of the molecule is Cc1ccc(OCc2nc(CC(=O)NC3CCCC(C)C3C)cs2)cc1. The van der Waals surface area contributed by atoms with Crippen LogP contribution in [0.25, 0.3) is 0 Å². The van der Waals surface area contributed by atoms with Gasteiger partial charge in [-0.25, -0.2) is 4.98 Å². The number of thiazole rings is 1. The zero-order valence-electron chi connectivity index (χ0n) is 15.8. The smallest absolute Gasteiger partial charge is 0.226 e. The van der Waals surface area contributed by atoms with Crippen LogP contribution in [0.4, 0.5) is 0 Å². The van der Waals surface area contributed by atoms with E-state index in [1.54, 1.807) is 11.3 Å². The standard InChI is InChI=1S/C21H28N2O2S/c1-14-7-9-18(10-8-14)25-12-21-22-17(13-26-21)11-20(24)23-19-6-4-5-15(2)16(19)3/h7-10,13,15-16,19H,4-6,11-12H2,1-3H3,(H,23,24). The number of hydrogen-bond donors (Lipinski definition) is 1. The first-order valence-corrected chi connectivity index (χ1v) is 10.3. The van der Waals surface area contributed by atoms with Crippen molar-refractivity contribution in [3.63, 3.8) is 0 Å². The molecule has 1 fully saturated rings. The van der Waals surface area contributed by atoms with E-state index in [-0.39, 0.29) is 5.91 Å². The maximum atomic E-state index is 12.4. The molecule has 0 spiro atoms. The van der Waals surface area contributed by atoms with E-state index >= 15 is 0 Å². The van der Waals surface area contributed by atoms with Crippen LogP contribution in [-0.2, 0) is 17.8 Å². The topological polar surface area (TPSA) is 51.2 Å². The second-order valence-corrected chi connectivity index (χ2v) is 8.40. The normalized spacial score (nSPS) is 22.8. The number of aromatic nitrogens is 1. The molecule has 3 unspecified atom stereocenters. The number of hydrogen-bond acceptors (Lipinski definition) is 4. The van der Waals surface area contributed by atoms with Crippen LogP contribution in [0.2, 0.25) is 0 Å². The van der Waals surface area contributed by atoms with Crippen LogP contribution >= 0.6 is 11.3 Å². The van der Waals surface area contributed by atoms with E-state index in [9.17, 15) is 4.79 Å². The van der Waals surface area contributed by atoms with Gasteiger partial charge in [0, 0.05) is 11.4 Å². The summed E-state index contributed by atoms with van der Waals surface area (Å²) < 4.78 is 5.76. The second-order valence-electron chi connectivity index (χ2n) is 7.45. The van der Waals surface area contributed by atoms with Crippen molar-refractivity contribution in [1.29, 1.82) is 0 Å². The Kier molecular flexibility index (Phi) is 6.30. The van der Waals surface area contributed by atoms with Gasteiger partial charge in [-0.1, -0.05) is 44.4 Å². The van der Waals surface area contributed by atoms with Gasteiger partial charge in [-0.15, -0.1) is 11.3 Å². The summed E-state index contributed by atoms with van der Waals surface area (Å²) in [6, 6.07) is 8.28. The van der Waals surface area contributed by atoms with Crippen LogP contribution in [0, 0.1) is 18.8 Å². The number of amides is 1. The van der Waals surface area contributed by atoms with E-state index in [4.69, 9.17) is 4.74 Å². The Hall–Kier alpha value is -1.88. The number of carbonyl (C=O) groups is 1. The molecule has 1 aromatic heterocycles. The lowest BCUT2D eigenvalue weighted by atomic mass is 9.78. The number of benzene rings is 1. The van der Waals surface area contributed by atoms with Crippen molar-refractivity contribution in [2.24, 2.45) is 11.8 Å². The zero-order valence-corrected chi connectivity index (χ0v) is 16.6. The molecular formula is C21H28N2O2S. The van der Waals surface area contributed by atoms with Gasteiger partial charge >= 0.3 is 0 Å². The van der Waals surface area contributed by atoms with Crippen LogP contribution in [-0.4, -0.2) is 16.9 Å². The molecule has 1 aliphatic carbocycles. The zero-order chi connectivity index (χ0) is 18.5. The largest absolute Gasteiger partial charge is 0.486 e. The number of nitrogens with one attached hydrogen (secondary N) is 1. The Labute approximate surface area is 160 Å². The highest BCUT2D eigenvalue weighted by atomic mass is 32.1. The number of nitrogens with zero attached hydrogens (tertiary/aromatic N) is 1. The Balaban J connectivity index is 1.48. The third-order valence-corrected chi connectivity index (χ3v) is 6.25. The number of ether oxygens (including phenoxy) is 1. The summed E-state index contributed by atoms with van der Waals surface area (Å²) >= 11 is 1.54. The fraction of sp³-hybridized carbons (Fsp3) is 0.524. The van der Waals surface area contributed by atoms with Gasteiger partial charge in [0.25, 0.3) is 0 Å². The molecule has 1 aliphatic rings. The van der Waals surface area contributed by atoms with Crippen LogP contribution < -0.4 is 10.1 Å². The van der Waals surface area contributed by atoms with E-state index in [2.05, 4.69) is 31.1 Å². The van der Waals surface area contributed by atoms with Crippen molar-refractivity contribution in [3.05, 3.63) is 45.9 Å². The highest BCUT2D eigenvalue weighted by molar-refractivity contribution is 7.09. The molecule has 1 N–H and O–H groups in total. The molecular weight excluding hydrogens is 344 g/mol. The predicted molar refractivity (Wildman–Crippen MR) is 105 cm³/mol. The van der Waals surface area contributed by atoms with Gasteiger partial charge in [-0.3, -0.25) is 4.79 Å². The lowest BCUT2D eigenvalue weighted by Gasteiger charge is -2.34. The maximum Gasteiger partial charge on any atom is 0.226 e. The van der Waals surface area contributed by atoms with Gasteiger partial charge in [0.2, 0.25) is 5.91 Å². The minimum atomic E-state index is 0.0762. The Morgan fingerprint density at radius 2 is 2.04 bits per heavy atom. The molecule has 0 saturated heterocycles. The summed E-state index contributed by atoms with van der Waals surface area (Å²) in [6.07, 6.45) is 3.90. The van der Waals surface area contributed by atoms with E-state index in [0.717, 1.165) is 22.9 Å². The third-order valence-electron chi connectivity index (χ3n) is 5.38. The summed E-state index contributed by atoms with van der Waals surface area (Å²) in [6.45, 7) is 7.02. The molecule has 1 amide bonds. The third kappa shape index (κ3) is 5.07. The van der Waals surface area contributed by atoms with Crippen molar-refractivity contribution >= 4 is 17.2 Å². The minimum Gasteiger partial charge on any atom is -0.486 e. The Bertz CT molecular complexity index is 726. The van der Waals surface area contributed by atoms with Crippen LogP contribution in [0.3, 0.4) is 0 Å². The van der Waals surface area contributed by atoms with E-state index in [0.29, 0.717) is 30.9 Å². The van der Waals surface area contributed by atoms with Crippen molar-refractivity contribution in [1.82, 2.24) is 10.3 Å². The van der Waals surface area contributed by atoms with Gasteiger partial charge < -0.3 is 10.1 Å². The maximum absolute atomic E-state index is 12.4. The van der Waals surface area contributed by atoms with E-state index in [1.165, 1.54) is 18.4 Å². The molecule has 3 rings (SSSR count). The molecule has 0 bridgehead atoms. The lowest BCUT2D eigenvalue weighted by molar-refractivity contribution is -0.121. The summed E-state index contributed by atoms with van der Waals surface area (Å²) in [7, 11) is 0. The quantitative estimate of drug-likeness (QED) is 0.811. The van der Waals surface area contributed by atoms with Crippen LogP contribution in [0.1, 0.15) is 49.4 Å². The summed E-state index contributed by atoms with van der Waals surface area (Å²) in [5.41, 5.74) is 2.04. The van der Waals surface area contributed by atoms with Crippen LogP contribution in [0.15, 0.2) is 29.6 Å². The second kappa shape index (κ2) is 8.67. The molecule has 140 valence electrons. The Morgan fingerprint density at radius 3 is 2.81 bits per heavy atom. The van der Waals surface area contributed by atoms with Crippen molar-refractivity contribution < 1.29 is 9.53 Å². The van der Waals surface area contributed by atoms with Gasteiger partial charge in [0.05, 0.1) is 12.1 Å². The first-order valence-electron chi connectivity index (χ1n) is 9.43. The van der Waals surface area contributed by atoms with Crippen LogP contribution in [0.5, 0.6) is 5.75 Å². The van der Waals surface area contributed by atoms with Gasteiger partial charge in [-0.2, -0.15) is 0 Å². The minimum absolute atomic E-state index is 0.0762. The molecule has 1 aromatic carbocycles. The molecule has 2 aromatic rings. The highest BCUT2D eigenvalue weighted by Gasteiger charge is 2.28. The summed E-state index contributed by atoms with van der Waals surface area (Å²) in [4.78, 5) is 16.9. The number of rotatable bonds is 6. The average molecular weight is 373 g/mol. The van der Waals surface area contributed by atoms with Gasteiger partial charge in [0.15, 0.2) is 0 Å². The summed E-state index contributed by atoms with van der Waals surface area (Å²) in [5, 5.41) is 6.07. The Morgan fingerprint density at radius 1 is 1.27 bits per heavy atom. The van der Waals surface area contributed by atoms with Crippen molar-refractivity contribution in [2.75, 3.05) is 0 Å². The first-order chi connectivity index (χ1) is 12.5. The lowest BCUT2D eigenvalue weighted by Crippen LogP contribution is -2.44. The number of aryl methyl sites for hydroxylation is 1. The first kappa shape index (κ1) is 18.9. The van der Waals surface area contributed by atoms with E-state index < -0.39 is 0 Å². The average Bonchev–Trinajstić information content (AvgIpc) is 3.06. The fourth-order valence-electron chi connectivity index (χ4n) is 3.48. The van der Waals surface area contributed by atoms with Crippen molar-refractivity contribution in [2.45, 2.75) is 59.1 Å². The number of carbonyl (C=O) groups excluding carboxylic acids is 1. The van der Waals surface area contributed by atoms with Gasteiger partial charge in [0.1, 0.15) is 17.4 Å². The molecule has 5 heteroatoms. The van der Waals surface area contributed by atoms with E-state index in [1.807, 2.05) is 29.6 Å². The summed E-state index contributed by atoms with van der Waals surface area (Å²) in [5.74, 6) is 2.14.